The molecule has 0 aliphatic rings. The minimum Gasteiger partial charge on any atom is -0.359 e. The van der Waals surface area contributed by atoms with Crippen LogP contribution in [0.4, 0.5) is 11.4 Å². The molecule has 0 bridgehead atoms. The van der Waals surface area contributed by atoms with Crippen molar-refractivity contribution in [2.75, 3.05) is 11.4 Å². The molecule has 112 valence electrons. The Kier molecular flexibility index (Phi) is 4.69. The van der Waals surface area contributed by atoms with Gasteiger partial charge < -0.3 is 4.90 Å². The van der Waals surface area contributed by atoms with E-state index in [1.807, 2.05) is 36.9 Å². The highest BCUT2D eigenvalue weighted by molar-refractivity contribution is 5.66. The molecule has 0 saturated carbocycles. The van der Waals surface area contributed by atoms with Gasteiger partial charge in [0, 0.05) is 25.0 Å². The van der Waals surface area contributed by atoms with Crippen molar-refractivity contribution in [3.63, 3.8) is 0 Å². The Balaban J connectivity index is 2.48. The van der Waals surface area contributed by atoms with Crippen LogP contribution < -0.4 is 4.90 Å². The van der Waals surface area contributed by atoms with E-state index in [0.29, 0.717) is 12.2 Å². The molecule has 0 fully saturated rings. The fourth-order valence-electron chi connectivity index (χ4n) is 2.44. The van der Waals surface area contributed by atoms with Crippen LogP contribution in [0.5, 0.6) is 0 Å². The number of anilines is 1. The lowest BCUT2D eigenvalue weighted by Crippen LogP contribution is -2.27. The van der Waals surface area contributed by atoms with Gasteiger partial charge in [-0.15, -0.1) is 0 Å². The Morgan fingerprint density at radius 1 is 1.45 bits per heavy atom. The van der Waals surface area contributed by atoms with Gasteiger partial charge in [-0.3, -0.25) is 15.1 Å². The highest BCUT2D eigenvalue weighted by atomic mass is 16.6. The molecule has 2 rings (SSSR count). The zero-order chi connectivity index (χ0) is 16.1. The first-order valence-corrected chi connectivity index (χ1v) is 6.93. The van der Waals surface area contributed by atoms with E-state index in [-0.39, 0.29) is 17.3 Å². The number of nitrogens with zero attached hydrogens (tertiary/aromatic N) is 4. The predicted molar refractivity (Wildman–Crippen MR) is 83.5 cm³/mol. The van der Waals surface area contributed by atoms with E-state index < -0.39 is 4.92 Å². The molecule has 1 atom stereocenters. The first-order chi connectivity index (χ1) is 10.6. The fourth-order valence-corrected chi connectivity index (χ4v) is 2.44. The van der Waals surface area contributed by atoms with Gasteiger partial charge in [-0.05, 0) is 37.6 Å². The van der Waals surface area contributed by atoms with E-state index in [0.717, 1.165) is 5.56 Å². The van der Waals surface area contributed by atoms with Crippen LogP contribution in [-0.4, -0.2) is 16.5 Å². The summed E-state index contributed by atoms with van der Waals surface area (Å²) < 4.78 is 0. The number of nitriles is 1. The zero-order valence-corrected chi connectivity index (χ0v) is 12.4. The number of nitro groups is 1. The average molecular weight is 296 g/mol. The van der Waals surface area contributed by atoms with E-state index in [9.17, 15) is 10.1 Å². The number of pyridine rings is 1. The standard InChI is InChI=1S/C16H16N4O2/c1-3-19(12(2)14-5-4-8-18-11-14)15-7-6-13(10-17)9-16(15)20(21)22/h4-9,11-12H,3H2,1-2H3. The third-order valence-electron chi connectivity index (χ3n) is 3.59. The maximum atomic E-state index is 11.3. The molecule has 6 heteroatoms. The van der Waals surface area contributed by atoms with Crippen LogP contribution in [0.1, 0.15) is 31.0 Å². The van der Waals surface area contributed by atoms with Gasteiger partial charge in [0.15, 0.2) is 0 Å². The van der Waals surface area contributed by atoms with Gasteiger partial charge in [-0.2, -0.15) is 5.26 Å². The number of nitro benzene ring substituents is 1. The molecule has 0 N–H and O–H groups in total. The minimum atomic E-state index is -0.450. The first-order valence-electron chi connectivity index (χ1n) is 6.93. The largest absolute Gasteiger partial charge is 0.359 e. The molecule has 1 unspecified atom stereocenters. The Labute approximate surface area is 128 Å². The molecule has 22 heavy (non-hydrogen) atoms. The number of benzene rings is 1. The van der Waals surface area contributed by atoms with Gasteiger partial charge in [0.05, 0.1) is 22.6 Å². The lowest BCUT2D eigenvalue weighted by molar-refractivity contribution is -0.384. The molecule has 1 aromatic carbocycles. The van der Waals surface area contributed by atoms with Crippen LogP contribution in [0.2, 0.25) is 0 Å². The number of hydrogen-bond acceptors (Lipinski definition) is 5. The van der Waals surface area contributed by atoms with Gasteiger partial charge in [-0.1, -0.05) is 6.07 Å². The highest BCUT2D eigenvalue weighted by Gasteiger charge is 2.23. The van der Waals surface area contributed by atoms with Crippen molar-refractivity contribution in [3.8, 4) is 6.07 Å². The molecule has 2 aromatic rings. The average Bonchev–Trinajstić information content (AvgIpc) is 2.56. The van der Waals surface area contributed by atoms with Crippen molar-refractivity contribution < 1.29 is 4.92 Å². The summed E-state index contributed by atoms with van der Waals surface area (Å²) in [4.78, 5) is 16.9. The molecule has 0 saturated heterocycles. The maximum absolute atomic E-state index is 11.3. The normalized spacial score (nSPS) is 11.5. The Bertz CT molecular complexity index is 710. The number of hydrogen-bond donors (Lipinski definition) is 0. The summed E-state index contributed by atoms with van der Waals surface area (Å²) in [6.45, 7) is 4.51. The van der Waals surface area contributed by atoms with Gasteiger partial charge in [0.2, 0.25) is 0 Å². The van der Waals surface area contributed by atoms with Crippen molar-refractivity contribution in [1.29, 1.82) is 5.26 Å². The lowest BCUT2D eigenvalue weighted by atomic mass is 10.1. The summed E-state index contributed by atoms with van der Waals surface area (Å²) in [6, 6.07) is 10.2. The number of rotatable bonds is 5. The summed E-state index contributed by atoms with van der Waals surface area (Å²) in [7, 11) is 0. The zero-order valence-electron chi connectivity index (χ0n) is 12.4. The molecule has 6 nitrogen and oxygen atoms in total. The smallest absolute Gasteiger partial charge is 0.293 e. The SMILES string of the molecule is CCN(c1ccc(C#N)cc1[N+](=O)[O-])C(C)c1cccnc1. The van der Waals surface area contributed by atoms with Crippen LogP contribution in [0.25, 0.3) is 0 Å². The van der Waals surface area contributed by atoms with Crippen LogP contribution in [0.3, 0.4) is 0 Å². The monoisotopic (exact) mass is 296 g/mol. The van der Waals surface area contributed by atoms with E-state index in [1.54, 1.807) is 24.5 Å². The molecule has 0 aliphatic carbocycles. The Morgan fingerprint density at radius 2 is 2.23 bits per heavy atom. The van der Waals surface area contributed by atoms with Gasteiger partial charge in [0.1, 0.15) is 5.69 Å². The Hall–Kier alpha value is -2.94. The van der Waals surface area contributed by atoms with Crippen molar-refractivity contribution in [3.05, 3.63) is 64.0 Å². The van der Waals surface area contributed by atoms with Crippen LogP contribution >= 0.6 is 0 Å². The van der Waals surface area contributed by atoms with Crippen LogP contribution in [0, 0.1) is 21.4 Å². The lowest BCUT2D eigenvalue weighted by Gasteiger charge is -2.30. The number of aromatic nitrogens is 1. The van der Waals surface area contributed by atoms with Crippen molar-refractivity contribution >= 4 is 11.4 Å². The van der Waals surface area contributed by atoms with Gasteiger partial charge in [-0.25, -0.2) is 0 Å². The fraction of sp³-hybridized carbons (Fsp3) is 0.250. The van der Waals surface area contributed by atoms with Crippen molar-refractivity contribution in [2.45, 2.75) is 19.9 Å². The molecular formula is C16H16N4O2. The maximum Gasteiger partial charge on any atom is 0.293 e. The summed E-state index contributed by atoms with van der Waals surface area (Å²) in [5, 5.41) is 20.2. The molecule has 0 amide bonds. The topological polar surface area (TPSA) is 83.1 Å². The molecular weight excluding hydrogens is 280 g/mol. The molecule has 0 spiro atoms. The molecule has 1 heterocycles. The summed E-state index contributed by atoms with van der Waals surface area (Å²) in [6.07, 6.45) is 3.44. The summed E-state index contributed by atoms with van der Waals surface area (Å²) >= 11 is 0. The second kappa shape index (κ2) is 6.68. The van der Waals surface area contributed by atoms with Crippen molar-refractivity contribution in [2.24, 2.45) is 0 Å². The molecule has 1 aromatic heterocycles. The second-order valence-corrected chi connectivity index (χ2v) is 4.82. The van der Waals surface area contributed by atoms with Crippen LogP contribution in [-0.2, 0) is 0 Å². The Morgan fingerprint density at radius 3 is 2.77 bits per heavy atom. The summed E-state index contributed by atoms with van der Waals surface area (Å²) in [5.74, 6) is 0. The van der Waals surface area contributed by atoms with E-state index in [1.165, 1.54) is 6.07 Å². The third-order valence-corrected chi connectivity index (χ3v) is 3.59. The van der Waals surface area contributed by atoms with E-state index in [4.69, 9.17) is 5.26 Å². The van der Waals surface area contributed by atoms with Crippen molar-refractivity contribution in [1.82, 2.24) is 4.98 Å². The summed E-state index contributed by atoms with van der Waals surface area (Å²) in [5.41, 5.74) is 1.70. The second-order valence-electron chi connectivity index (χ2n) is 4.82. The molecule has 0 aliphatic heterocycles. The van der Waals surface area contributed by atoms with E-state index >= 15 is 0 Å². The van der Waals surface area contributed by atoms with Crippen LogP contribution in [0.15, 0.2) is 42.7 Å². The molecule has 0 radical (unpaired) electrons. The predicted octanol–water partition coefficient (Wildman–Crippen LogP) is 3.45. The van der Waals surface area contributed by atoms with E-state index in [2.05, 4.69) is 4.98 Å². The highest BCUT2D eigenvalue weighted by Crippen LogP contribution is 2.34. The first kappa shape index (κ1) is 15.4. The van der Waals surface area contributed by atoms with Gasteiger partial charge >= 0.3 is 0 Å². The third kappa shape index (κ3) is 3.04. The minimum absolute atomic E-state index is 0.0587. The quantitative estimate of drug-likeness (QED) is 0.623. The van der Waals surface area contributed by atoms with Gasteiger partial charge in [0.25, 0.3) is 5.69 Å².